The monoisotopic (exact) mass is 387 g/mol. The van der Waals surface area contributed by atoms with Crippen LogP contribution in [0.25, 0.3) is 0 Å². The molecule has 4 amide bonds. The topological polar surface area (TPSA) is 85.8 Å². The first-order chi connectivity index (χ1) is 13.5. The highest BCUT2D eigenvalue weighted by molar-refractivity contribution is 6.09. The Morgan fingerprint density at radius 3 is 2.25 bits per heavy atom. The molecule has 2 aliphatic heterocycles. The Morgan fingerprint density at radius 2 is 1.68 bits per heavy atom. The van der Waals surface area contributed by atoms with Gasteiger partial charge < -0.3 is 15.1 Å². The third kappa shape index (κ3) is 3.95. The maximum absolute atomic E-state index is 12.9. The van der Waals surface area contributed by atoms with Gasteiger partial charge in [-0.1, -0.05) is 26.7 Å². The summed E-state index contributed by atoms with van der Waals surface area (Å²) in [6.07, 6.45) is 6.30. The Hall–Kier alpha value is -2.64. The summed E-state index contributed by atoms with van der Waals surface area (Å²) in [6, 6.07) is 3.45. The molecule has 0 bridgehead atoms. The number of hydrogen-bond acceptors (Lipinski definition) is 5. The van der Waals surface area contributed by atoms with Crippen LogP contribution in [0.1, 0.15) is 39.5 Å². The number of nitrogens with one attached hydrogen (secondary N) is 1. The van der Waals surface area contributed by atoms with Gasteiger partial charge in [0.15, 0.2) is 0 Å². The van der Waals surface area contributed by atoms with Gasteiger partial charge in [0.25, 0.3) is 5.91 Å². The van der Waals surface area contributed by atoms with Crippen molar-refractivity contribution in [2.24, 2.45) is 0 Å². The molecule has 8 heteroatoms. The molecule has 1 N–H and O–H groups in total. The molecule has 0 atom stereocenters. The van der Waals surface area contributed by atoms with E-state index in [0.29, 0.717) is 39.0 Å². The van der Waals surface area contributed by atoms with Gasteiger partial charge in [0, 0.05) is 44.3 Å². The van der Waals surface area contributed by atoms with E-state index in [0.717, 1.165) is 23.4 Å². The van der Waals surface area contributed by atoms with E-state index in [9.17, 15) is 14.4 Å². The van der Waals surface area contributed by atoms with Crippen LogP contribution in [-0.2, 0) is 9.59 Å². The molecule has 0 spiro atoms. The number of hydrogen-bond donors (Lipinski definition) is 1. The van der Waals surface area contributed by atoms with Crippen molar-refractivity contribution in [3.8, 4) is 0 Å². The molecule has 2 fully saturated rings. The number of anilines is 1. The Bertz CT molecular complexity index is 710. The highest BCUT2D eigenvalue weighted by atomic mass is 16.2. The number of piperazine rings is 1. The molecule has 0 aliphatic carbocycles. The normalized spacial score (nSPS) is 19.1. The van der Waals surface area contributed by atoms with Crippen LogP contribution in [-0.4, -0.2) is 70.9 Å². The fourth-order valence-electron chi connectivity index (χ4n) is 4.14. The van der Waals surface area contributed by atoms with Crippen LogP contribution in [0, 0.1) is 0 Å². The van der Waals surface area contributed by atoms with Crippen molar-refractivity contribution in [2.45, 2.75) is 45.1 Å². The number of urea groups is 1. The molecule has 1 aromatic rings. The second-order valence-electron chi connectivity index (χ2n) is 7.48. The van der Waals surface area contributed by atoms with E-state index in [1.54, 1.807) is 17.3 Å². The molecule has 0 unspecified atom stereocenters. The highest BCUT2D eigenvalue weighted by Gasteiger charge is 2.50. The first-order valence-corrected chi connectivity index (χ1v) is 10.1. The lowest BCUT2D eigenvalue weighted by Crippen LogP contribution is -2.52. The second-order valence-corrected chi connectivity index (χ2v) is 7.48. The van der Waals surface area contributed by atoms with Crippen molar-refractivity contribution in [1.29, 1.82) is 0 Å². The van der Waals surface area contributed by atoms with E-state index in [1.807, 2.05) is 26.0 Å². The zero-order valence-electron chi connectivity index (χ0n) is 16.7. The van der Waals surface area contributed by atoms with Crippen molar-refractivity contribution in [2.75, 3.05) is 37.6 Å². The van der Waals surface area contributed by atoms with Crippen molar-refractivity contribution in [3.63, 3.8) is 0 Å². The van der Waals surface area contributed by atoms with E-state index in [2.05, 4.69) is 15.2 Å². The molecule has 0 saturated carbocycles. The smallest absolute Gasteiger partial charge is 0.325 e. The molecule has 3 rings (SSSR count). The summed E-state index contributed by atoms with van der Waals surface area (Å²) in [5.74, 6) is -0.438. The molecule has 1 aromatic heterocycles. The summed E-state index contributed by atoms with van der Waals surface area (Å²) < 4.78 is 0. The Morgan fingerprint density at radius 1 is 1.07 bits per heavy atom. The van der Waals surface area contributed by atoms with Crippen molar-refractivity contribution in [3.05, 3.63) is 24.5 Å². The Labute approximate surface area is 165 Å². The van der Waals surface area contributed by atoms with Crippen LogP contribution >= 0.6 is 0 Å². The average Bonchev–Trinajstić information content (AvgIpc) is 2.93. The lowest BCUT2D eigenvalue weighted by molar-refractivity contribution is -0.139. The van der Waals surface area contributed by atoms with Gasteiger partial charge in [-0.05, 0) is 25.0 Å². The van der Waals surface area contributed by atoms with Gasteiger partial charge in [0.1, 0.15) is 12.1 Å². The van der Waals surface area contributed by atoms with Gasteiger partial charge in [-0.25, -0.2) is 4.79 Å². The van der Waals surface area contributed by atoms with Gasteiger partial charge in [-0.3, -0.25) is 19.5 Å². The molecular weight excluding hydrogens is 358 g/mol. The number of nitrogens with zero attached hydrogens (tertiary/aromatic N) is 4. The maximum atomic E-state index is 12.9. The van der Waals surface area contributed by atoms with Crippen molar-refractivity contribution < 1.29 is 14.4 Å². The molecule has 0 radical (unpaired) electrons. The number of rotatable bonds is 7. The third-order valence-electron chi connectivity index (χ3n) is 5.55. The number of imide groups is 1. The molecule has 3 heterocycles. The number of pyridine rings is 1. The Kier molecular flexibility index (Phi) is 6.16. The second kappa shape index (κ2) is 8.58. The predicted molar refractivity (Wildman–Crippen MR) is 106 cm³/mol. The quantitative estimate of drug-likeness (QED) is 0.719. The minimum atomic E-state index is -0.846. The van der Waals surface area contributed by atoms with Gasteiger partial charge in [0.2, 0.25) is 5.91 Å². The van der Waals surface area contributed by atoms with E-state index in [-0.39, 0.29) is 18.4 Å². The lowest BCUT2D eigenvalue weighted by Gasteiger charge is -2.36. The van der Waals surface area contributed by atoms with Crippen LogP contribution in [0.3, 0.4) is 0 Å². The molecule has 28 heavy (non-hydrogen) atoms. The number of amides is 4. The summed E-state index contributed by atoms with van der Waals surface area (Å²) in [5, 5.41) is 2.86. The first kappa shape index (κ1) is 20.1. The molecular formula is C20H29N5O3. The largest absolute Gasteiger partial charge is 0.368 e. The molecule has 2 saturated heterocycles. The molecule has 0 aromatic carbocycles. The van der Waals surface area contributed by atoms with Gasteiger partial charge in [-0.2, -0.15) is 0 Å². The minimum absolute atomic E-state index is 0.179. The van der Waals surface area contributed by atoms with Gasteiger partial charge in [0.05, 0.1) is 0 Å². The molecule has 8 nitrogen and oxygen atoms in total. The van der Waals surface area contributed by atoms with Gasteiger partial charge in [-0.15, -0.1) is 0 Å². The summed E-state index contributed by atoms with van der Waals surface area (Å²) in [7, 11) is 0. The molecule has 2 aliphatic rings. The number of carbonyl (C=O) groups is 3. The first-order valence-electron chi connectivity index (χ1n) is 10.1. The minimum Gasteiger partial charge on any atom is -0.368 e. The highest BCUT2D eigenvalue weighted by Crippen LogP contribution is 2.28. The number of aromatic nitrogens is 1. The van der Waals surface area contributed by atoms with Crippen LogP contribution < -0.4 is 10.2 Å². The van der Waals surface area contributed by atoms with Crippen molar-refractivity contribution >= 4 is 23.5 Å². The van der Waals surface area contributed by atoms with E-state index >= 15 is 0 Å². The summed E-state index contributed by atoms with van der Waals surface area (Å²) in [4.78, 5) is 47.1. The predicted octanol–water partition coefficient (Wildman–Crippen LogP) is 1.62. The number of carbonyl (C=O) groups excluding carboxylic acids is 3. The van der Waals surface area contributed by atoms with Crippen LogP contribution in [0.4, 0.5) is 10.5 Å². The zero-order valence-corrected chi connectivity index (χ0v) is 16.7. The van der Waals surface area contributed by atoms with Crippen LogP contribution in [0.2, 0.25) is 0 Å². The summed E-state index contributed by atoms with van der Waals surface area (Å²) in [5.41, 5.74) is 0.237. The van der Waals surface area contributed by atoms with E-state index in [1.165, 1.54) is 0 Å². The fourth-order valence-corrected chi connectivity index (χ4v) is 4.14. The summed E-state index contributed by atoms with van der Waals surface area (Å²) in [6.45, 7) is 6.37. The lowest BCUT2D eigenvalue weighted by atomic mass is 9.88. The van der Waals surface area contributed by atoms with E-state index in [4.69, 9.17) is 0 Å². The standard InChI is InChI=1S/C20H29N5O3/c1-3-7-20(8-4-2)18(27)25(19(28)22-20)15-17(26)24-13-11-23(12-14-24)16-5-9-21-10-6-16/h5-6,9-10H,3-4,7-8,11-15H2,1-2H3,(H,22,28). The van der Waals surface area contributed by atoms with Crippen LogP contribution in [0.15, 0.2) is 24.5 Å². The van der Waals surface area contributed by atoms with Crippen LogP contribution in [0.5, 0.6) is 0 Å². The third-order valence-corrected chi connectivity index (χ3v) is 5.55. The molecule has 152 valence electrons. The van der Waals surface area contributed by atoms with Gasteiger partial charge >= 0.3 is 6.03 Å². The maximum Gasteiger partial charge on any atom is 0.325 e. The fraction of sp³-hybridized carbons (Fsp3) is 0.600. The van der Waals surface area contributed by atoms with E-state index < -0.39 is 11.6 Å². The SMILES string of the molecule is CCCC1(CCC)NC(=O)N(CC(=O)N2CCN(c3ccncc3)CC2)C1=O. The zero-order chi connectivity index (χ0) is 20.1. The average molecular weight is 387 g/mol. The summed E-state index contributed by atoms with van der Waals surface area (Å²) >= 11 is 0. The van der Waals surface area contributed by atoms with Crippen molar-refractivity contribution in [1.82, 2.24) is 20.1 Å². The Balaban J connectivity index is 1.59.